The molecule has 2 atom stereocenters. The Bertz CT molecular complexity index is 613. The first-order valence-electron chi connectivity index (χ1n) is 17.4. The van der Waals surface area contributed by atoms with Crippen LogP contribution < -0.4 is 5.32 Å². The number of amides is 1. The molecule has 0 aliphatic rings. The fourth-order valence-corrected chi connectivity index (χ4v) is 6.07. The third-order valence-electron chi connectivity index (χ3n) is 7.89. The summed E-state index contributed by atoms with van der Waals surface area (Å²) in [5, 5.41) is 3.04. The lowest BCUT2D eigenvalue weighted by molar-refractivity contribution is -0.143. The van der Waals surface area contributed by atoms with Gasteiger partial charge in [-0.25, -0.2) is 0 Å². The molecule has 0 aliphatic heterocycles. The number of thioether (sulfide) groups is 1. The van der Waals surface area contributed by atoms with Crippen LogP contribution in [-0.2, 0) is 19.1 Å². The zero-order chi connectivity index (χ0) is 30.4. The van der Waals surface area contributed by atoms with Crippen LogP contribution in [0.4, 0.5) is 0 Å². The lowest BCUT2D eigenvalue weighted by atomic mass is 9.93. The molecule has 6 heteroatoms. The van der Waals surface area contributed by atoms with Crippen molar-refractivity contribution in [3.63, 3.8) is 0 Å². The number of unbranched alkanes of at least 4 members (excludes halogenated alkanes) is 14. The second-order valence-corrected chi connectivity index (χ2v) is 13.6. The summed E-state index contributed by atoms with van der Waals surface area (Å²) in [6.45, 7) is 9.46. The first-order valence-corrected chi connectivity index (χ1v) is 18.6. The molecule has 41 heavy (non-hydrogen) atoms. The summed E-state index contributed by atoms with van der Waals surface area (Å²) in [6, 6.07) is -0.446. The number of hydrogen-bond acceptors (Lipinski definition) is 5. The van der Waals surface area contributed by atoms with Gasteiger partial charge in [0.05, 0.1) is 19.1 Å². The first-order chi connectivity index (χ1) is 19.9. The molecule has 0 aromatic rings. The summed E-state index contributed by atoms with van der Waals surface area (Å²) in [6.07, 6.45) is 25.7. The van der Waals surface area contributed by atoms with E-state index in [1.807, 2.05) is 0 Å². The molecule has 0 heterocycles. The van der Waals surface area contributed by atoms with Gasteiger partial charge in [-0.3, -0.25) is 9.59 Å². The molecule has 5 nitrogen and oxygen atoms in total. The number of hydrogen-bond donors (Lipinski definition) is 1. The van der Waals surface area contributed by atoms with Gasteiger partial charge in [0.2, 0.25) is 5.91 Å². The molecule has 0 aromatic heterocycles. The van der Waals surface area contributed by atoms with Gasteiger partial charge in [0.15, 0.2) is 0 Å². The number of esters is 1. The molecule has 0 bridgehead atoms. The van der Waals surface area contributed by atoms with Crippen molar-refractivity contribution in [3.05, 3.63) is 0 Å². The maximum atomic E-state index is 13.2. The highest BCUT2D eigenvalue weighted by Crippen LogP contribution is 2.20. The molecule has 242 valence electrons. The third kappa shape index (κ3) is 27.5. The number of ether oxygens (including phenoxy) is 1. The van der Waals surface area contributed by atoms with Crippen molar-refractivity contribution >= 4 is 29.9 Å². The number of nitrogens with one attached hydrogen (secondary N) is 1. The van der Waals surface area contributed by atoms with Crippen LogP contribution in [0.5, 0.6) is 0 Å². The SMILES string of the molecule is CCCCCCCCCCC(CCCCCCCC)C(=O)NC(C=O)CCSCCC(=O)OCCCCCC(C)C. The van der Waals surface area contributed by atoms with Crippen molar-refractivity contribution < 1.29 is 19.1 Å². The fraction of sp³-hybridized carbons (Fsp3) is 0.914. The van der Waals surface area contributed by atoms with Crippen molar-refractivity contribution in [2.24, 2.45) is 11.8 Å². The average molecular weight is 598 g/mol. The Labute approximate surface area is 258 Å². The zero-order valence-corrected chi connectivity index (χ0v) is 28.3. The maximum absolute atomic E-state index is 13.2. The largest absolute Gasteiger partial charge is 0.466 e. The molecular formula is C35H67NO4S. The topological polar surface area (TPSA) is 72.5 Å². The highest BCUT2D eigenvalue weighted by atomic mass is 32.2. The molecule has 1 amide bonds. The average Bonchev–Trinajstić information content (AvgIpc) is 2.95. The fourth-order valence-electron chi connectivity index (χ4n) is 5.13. The van der Waals surface area contributed by atoms with Crippen LogP contribution >= 0.6 is 11.8 Å². The Hall–Kier alpha value is -1.04. The highest BCUT2D eigenvalue weighted by Gasteiger charge is 2.21. The van der Waals surface area contributed by atoms with Gasteiger partial charge in [-0.2, -0.15) is 11.8 Å². The van der Waals surface area contributed by atoms with E-state index in [1.54, 1.807) is 11.8 Å². The molecule has 0 rings (SSSR count). The summed E-state index contributed by atoms with van der Waals surface area (Å²) >= 11 is 1.65. The Balaban J connectivity index is 4.29. The predicted octanol–water partition coefficient (Wildman–Crippen LogP) is 9.84. The van der Waals surface area contributed by atoms with Gasteiger partial charge in [-0.05, 0) is 37.4 Å². The Morgan fingerprint density at radius 1 is 0.683 bits per heavy atom. The van der Waals surface area contributed by atoms with E-state index >= 15 is 0 Å². The molecule has 0 saturated heterocycles. The quantitative estimate of drug-likeness (QED) is 0.0489. The smallest absolute Gasteiger partial charge is 0.306 e. The van der Waals surface area contributed by atoms with Crippen LogP contribution in [0.2, 0.25) is 0 Å². The van der Waals surface area contributed by atoms with Gasteiger partial charge >= 0.3 is 5.97 Å². The van der Waals surface area contributed by atoms with Gasteiger partial charge in [-0.1, -0.05) is 137 Å². The van der Waals surface area contributed by atoms with E-state index in [-0.39, 0.29) is 17.8 Å². The van der Waals surface area contributed by atoms with Crippen molar-refractivity contribution in [3.8, 4) is 0 Å². The standard InChI is InChI=1S/C35H67NO4S/c1-5-7-9-11-13-14-16-20-24-32(23-19-15-12-10-8-6-2)35(39)36-33(30-37)25-28-41-29-26-34(38)40-27-21-17-18-22-31(3)4/h30-33H,5-29H2,1-4H3,(H,36,39). The number of carbonyl (C=O) groups excluding carboxylic acids is 3. The minimum absolute atomic E-state index is 0.0107. The zero-order valence-electron chi connectivity index (χ0n) is 27.5. The Morgan fingerprint density at radius 3 is 1.73 bits per heavy atom. The van der Waals surface area contributed by atoms with Crippen LogP contribution in [0.15, 0.2) is 0 Å². The van der Waals surface area contributed by atoms with E-state index in [4.69, 9.17) is 4.74 Å². The summed E-state index contributed by atoms with van der Waals surface area (Å²) in [7, 11) is 0. The minimum atomic E-state index is -0.446. The highest BCUT2D eigenvalue weighted by molar-refractivity contribution is 7.99. The van der Waals surface area contributed by atoms with Gasteiger partial charge in [0.1, 0.15) is 6.29 Å². The molecular weight excluding hydrogens is 530 g/mol. The molecule has 0 radical (unpaired) electrons. The van der Waals surface area contributed by atoms with Crippen LogP contribution in [-0.4, -0.2) is 42.3 Å². The van der Waals surface area contributed by atoms with Crippen molar-refractivity contribution in [1.82, 2.24) is 5.32 Å². The van der Waals surface area contributed by atoms with Crippen molar-refractivity contribution in [2.45, 2.75) is 175 Å². The van der Waals surface area contributed by atoms with Crippen LogP contribution in [0.25, 0.3) is 0 Å². The molecule has 0 aliphatic carbocycles. The lowest BCUT2D eigenvalue weighted by Crippen LogP contribution is -2.40. The van der Waals surface area contributed by atoms with E-state index in [0.717, 1.165) is 56.5 Å². The molecule has 0 saturated carbocycles. The number of carbonyl (C=O) groups is 3. The van der Waals surface area contributed by atoms with E-state index in [2.05, 4.69) is 33.0 Å². The number of rotatable bonds is 31. The van der Waals surface area contributed by atoms with Crippen LogP contribution in [0.3, 0.4) is 0 Å². The third-order valence-corrected chi connectivity index (χ3v) is 8.90. The second kappa shape index (κ2) is 30.4. The Kier molecular flexibility index (Phi) is 29.6. The van der Waals surface area contributed by atoms with Crippen LogP contribution in [0, 0.1) is 11.8 Å². The van der Waals surface area contributed by atoms with E-state index in [0.29, 0.717) is 25.2 Å². The molecule has 1 N–H and O–H groups in total. The maximum Gasteiger partial charge on any atom is 0.306 e. The molecule has 0 spiro atoms. The van der Waals surface area contributed by atoms with Crippen molar-refractivity contribution in [1.29, 1.82) is 0 Å². The van der Waals surface area contributed by atoms with Gasteiger partial charge in [-0.15, -0.1) is 0 Å². The summed E-state index contributed by atoms with van der Waals surface area (Å²) in [5.74, 6) is 2.09. The summed E-state index contributed by atoms with van der Waals surface area (Å²) in [4.78, 5) is 36.8. The van der Waals surface area contributed by atoms with Gasteiger partial charge < -0.3 is 14.8 Å². The van der Waals surface area contributed by atoms with E-state index < -0.39 is 6.04 Å². The summed E-state index contributed by atoms with van der Waals surface area (Å²) in [5.41, 5.74) is 0. The van der Waals surface area contributed by atoms with E-state index in [9.17, 15) is 14.4 Å². The lowest BCUT2D eigenvalue weighted by Gasteiger charge is -2.20. The molecule has 0 aromatic carbocycles. The van der Waals surface area contributed by atoms with Gasteiger partial charge in [0.25, 0.3) is 0 Å². The number of aldehydes is 1. The van der Waals surface area contributed by atoms with Crippen LogP contribution in [0.1, 0.15) is 169 Å². The van der Waals surface area contributed by atoms with Crippen molar-refractivity contribution in [2.75, 3.05) is 18.1 Å². The molecule has 0 fully saturated rings. The predicted molar refractivity (Wildman–Crippen MR) is 178 cm³/mol. The monoisotopic (exact) mass is 597 g/mol. The van der Waals surface area contributed by atoms with Gasteiger partial charge in [0, 0.05) is 11.7 Å². The normalized spacial score (nSPS) is 12.8. The Morgan fingerprint density at radius 2 is 1.20 bits per heavy atom. The molecule has 2 unspecified atom stereocenters. The summed E-state index contributed by atoms with van der Waals surface area (Å²) < 4.78 is 5.34. The minimum Gasteiger partial charge on any atom is -0.466 e. The second-order valence-electron chi connectivity index (χ2n) is 12.4. The first kappa shape index (κ1) is 40.0. The van der Waals surface area contributed by atoms with E-state index in [1.165, 1.54) is 89.9 Å².